The van der Waals surface area contributed by atoms with Gasteiger partial charge < -0.3 is 9.47 Å². The van der Waals surface area contributed by atoms with Gasteiger partial charge >= 0.3 is 0 Å². The Labute approximate surface area is 205 Å². The first kappa shape index (κ1) is 22.5. The second-order valence-corrected chi connectivity index (χ2v) is 8.94. The van der Waals surface area contributed by atoms with Crippen molar-refractivity contribution in [1.82, 2.24) is 4.68 Å². The van der Waals surface area contributed by atoms with Gasteiger partial charge in [0.25, 0.3) is 5.69 Å². The van der Waals surface area contributed by atoms with Gasteiger partial charge in [-0.15, -0.1) is 11.3 Å². The van der Waals surface area contributed by atoms with Gasteiger partial charge in [0, 0.05) is 28.6 Å². The SMILES string of the molecule is CC(=Nn1c(-c2ccc([N+](=O)[O-])cc2)csc1=Nc1cccc(C)c1C)c1ccc2c(c1)OCO2. The third-order valence-electron chi connectivity index (χ3n) is 5.89. The summed E-state index contributed by atoms with van der Waals surface area (Å²) >= 11 is 1.46. The van der Waals surface area contributed by atoms with Crippen molar-refractivity contribution < 1.29 is 14.4 Å². The van der Waals surface area contributed by atoms with E-state index in [1.54, 1.807) is 16.8 Å². The lowest BCUT2D eigenvalue weighted by atomic mass is 10.1. The van der Waals surface area contributed by atoms with Crippen LogP contribution in [-0.4, -0.2) is 22.1 Å². The molecule has 0 saturated carbocycles. The van der Waals surface area contributed by atoms with Crippen LogP contribution in [0.2, 0.25) is 0 Å². The average Bonchev–Trinajstić information content (AvgIpc) is 3.48. The second-order valence-electron chi connectivity index (χ2n) is 8.10. The molecular formula is C26H22N4O4S. The molecule has 5 rings (SSSR count). The molecule has 0 aliphatic carbocycles. The van der Waals surface area contributed by atoms with Crippen LogP contribution in [0.25, 0.3) is 11.3 Å². The molecule has 0 radical (unpaired) electrons. The highest BCUT2D eigenvalue weighted by molar-refractivity contribution is 7.07. The van der Waals surface area contributed by atoms with E-state index < -0.39 is 4.92 Å². The summed E-state index contributed by atoms with van der Waals surface area (Å²) in [5.74, 6) is 1.39. The largest absolute Gasteiger partial charge is 0.454 e. The molecule has 176 valence electrons. The minimum Gasteiger partial charge on any atom is -0.454 e. The number of benzene rings is 3. The molecule has 0 unspecified atom stereocenters. The van der Waals surface area contributed by atoms with E-state index in [-0.39, 0.29) is 12.5 Å². The highest BCUT2D eigenvalue weighted by Crippen LogP contribution is 2.33. The van der Waals surface area contributed by atoms with Crippen molar-refractivity contribution in [3.63, 3.8) is 0 Å². The zero-order valence-electron chi connectivity index (χ0n) is 19.4. The standard InChI is InChI=1S/C26H22N4O4S/c1-16-5-4-6-22(17(16)2)27-26-29(23(14-35-26)19-7-10-21(11-8-19)30(31)32)28-18(3)20-9-12-24-25(13-20)34-15-33-24/h4-14H,15H2,1-3H3. The molecule has 8 nitrogen and oxygen atoms in total. The number of thiazole rings is 1. The number of fused-ring (bicyclic) bond motifs is 1. The van der Waals surface area contributed by atoms with E-state index in [4.69, 9.17) is 19.6 Å². The number of rotatable bonds is 5. The Morgan fingerprint density at radius 3 is 2.60 bits per heavy atom. The van der Waals surface area contributed by atoms with Gasteiger partial charge in [-0.05, 0) is 68.3 Å². The zero-order valence-corrected chi connectivity index (χ0v) is 20.2. The predicted octanol–water partition coefficient (Wildman–Crippen LogP) is 5.98. The number of hydrogen-bond acceptors (Lipinski definition) is 7. The molecule has 0 spiro atoms. The van der Waals surface area contributed by atoms with Crippen LogP contribution in [0.15, 0.2) is 76.1 Å². The van der Waals surface area contributed by atoms with Gasteiger partial charge in [-0.2, -0.15) is 5.10 Å². The Hall–Kier alpha value is -4.24. The van der Waals surface area contributed by atoms with Gasteiger partial charge in [0.15, 0.2) is 11.5 Å². The minimum absolute atomic E-state index is 0.0378. The fraction of sp³-hybridized carbons (Fsp3) is 0.154. The number of ether oxygens (including phenoxy) is 2. The Balaban J connectivity index is 1.66. The lowest BCUT2D eigenvalue weighted by Gasteiger charge is -2.08. The van der Waals surface area contributed by atoms with Gasteiger partial charge in [-0.25, -0.2) is 9.67 Å². The van der Waals surface area contributed by atoms with E-state index in [9.17, 15) is 10.1 Å². The summed E-state index contributed by atoms with van der Waals surface area (Å²) in [6.07, 6.45) is 0. The Morgan fingerprint density at radius 1 is 1.06 bits per heavy atom. The fourth-order valence-electron chi connectivity index (χ4n) is 3.72. The molecule has 1 aliphatic heterocycles. The van der Waals surface area contributed by atoms with Gasteiger partial charge in [-0.1, -0.05) is 12.1 Å². The monoisotopic (exact) mass is 486 g/mol. The van der Waals surface area contributed by atoms with Gasteiger partial charge in [0.2, 0.25) is 11.6 Å². The molecule has 4 aromatic rings. The summed E-state index contributed by atoms with van der Waals surface area (Å²) < 4.78 is 12.7. The van der Waals surface area contributed by atoms with Gasteiger partial charge in [-0.3, -0.25) is 10.1 Å². The van der Waals surface area contributed by atoms with Crippen LogP contribution in [0.4, 0.5) is 11.4 Å². The third-order valence-corrected chi connectivity index (χ3v) is 6.71. The van der Waals surface area contributed by atoms with E-state index in [2.05, 4.69) is 13.0 Å². The second kappa shape index (κ2) is 9.19. The van der Waals surface area contributed by atoms with Crippen LogP contribution in [0.1, 0.15) is 23.6 Å². The molecule has 3 aromatic carbocycles. The third kappa shape index (κ3) is 4.45. The summed E-state index contributed by atoms with van der Waals surface area (Å²) in [5.41, 5.74) is 6.39. The molecule has 1 aromatic heterocycles. The topological polar surface area (TPSA) is 91.2 Å². The van der Waals surface area contributed by atoms with Crippen molar-refractivity contribution in [2.45, 2.75) is 20.8 Å². The highest BCUT2D eigenvalue weighted by atomic mass is 32.1. The molecule has 35 heavy (non-hydrogen) atoms. The molecule has 2 heterocycles. The maximum absolute atomic E-state index is 11.1. The van der Waals surface area contributed by atoms with E-state index in [0.717, 1.165) is 39.3 Å². The van der Waals surface area contributed by atoms with E-state index in [1.165, 1.54) is 23.5 Å². The molecule has 0 amide bonds. The number of nitrogens with zero attached hydrogens (tertiary/aromatic N) is 4. The van der Waals surface area contributed by atoms with Gasteiger partial charge in [0.05, 0.1) is 22.0 Å². The molecule has 0 saturated heterocycles. The molecule has 0 bridgehead atoms. The first-order chi connectivity index (χ1) is 16.9. The smallest absolute Gasteiger partial charge is 0.269 e. The summed E-state index contributed by atoms with van der Waals surface area (Å²) in [5, 5.41) is 18.0. The van der Waals surface area contributed by atoms with E-state index in [0.29, 0.717) is 16.3 Å². The Morgan fingerprint density at radius 2 is 1.83 bits per heavy atom. The maximum Gasteiger partial charge on any atom is 0.269 e. The minimum atomic E-state index is -0.408. The quantitative estimate of drug-likeness (QED) is 0.197. The lowest BCUT2D eigenvalue weighted by molar-refractivity contribution is -0.384. The van der Waals surface area contributed by atoms with E-state index >= 15 is 0 Å². The van der Waals surface area contributed by atoms with Crippen LogP contribution in [0.3, 0.4) is 0 Å². The van der Waals surface area contributed by atoms with Crippen molar-refractivity contribution in [1.29, 1.82) is 0 Å². The predicted molar refractivity (Wildman–Crippen MR) is 136 cm³/mol. The Bertz CT molecular complexity index is 1530. The van der Waals surface area contributed by atoms with Crippen LogP contribution >= 0.6 is 11.3 Å². The first-order valence-electron chi connectivity index (χ1n) is 10.9. The normalized spacial score (nSPS) is 13.3. The molecular weight excluding hydrogens is 464 g/mol. The molecule has 0 atom stereocenters. The summed E-state index contributed by atoms with van der Waals surface area (Å²) in [6.45, 7) is 6.23. The first-order valence-corrected chi connectivity index (χ1v) is 11.8. The van der Waals surface area contributed by atoms with Crippen LogP contribution in [-0.2, 0) is 0 Å². The van der Waals surface area contributed by atoms with Crippen molar-refractivity contribution in [2.24, 2.45) is 10.1 Å². The summed E-state index contributed by atoms with van der Waals surface area (Å²) in [4.78, 5) is 16.3. The number of nitro benzene ring substituents is 1. The molecule has 1 aliphatic rings. The van der Waals surface area contributed by atoms with Crippen LogP contribution in [0.5, 0.6) is 11.5 Å². The maximum atomic E-state index is 11.1. The van der Waals surface area contributed by atoms with Crippen LogP contribution < -0.4 is 14.3 Å². The summed E-state index contributed by atoms with van der Waals surface area (Å²) in [6, 6.07) is 18.2. The zero-order chi connectivity index (χ0) is 24.5. The number of aryl methyl sites for hydroxylation is 1. The number of nitro groups is 1. The van der Waals surface area contributed by atoms with Crippen molar-refractivity contribution >= 4 is 28.4 Å². The van der Waals surface area contributed by atoms with E-state index in [1.807, 2.05) is 49.6 Å². The number of hydrogen-bond donors (Lipinski definition) is 0. The summed E-state index contributed by atoms with van der Waals surface area (Å²) in [7, 11) is 0. The van der Waals surface area contributed by atoms with Gasteiger partial charge in [0.1, 0.15) is 0 Å². The average molecular weight is 487 g/mol. The van der Waals surface area contributed by atoms with Crippen LogP contribution in [0, 0.1) is 24.0 Å². The van der Waals surface area contributed by atoms with Crippen molar-refractivity contribution in [3.8, 4) is 22.8 Å². The van der Waals surface area contributed by atoms with Crippen molar-refractivity contribution in [2.75, 3.05) is 6.79 Å². The molecule has 0 N–H and O–H groups in total. The Kier molecular flexibility index (Phi) is 5.92. The molecule has 9 heteroatoms. The highest BCUT2D eigenvalue weighted by Gasteiger charge is 2.16. The molecule has 0 fully saturated rings. The lowest BCUT2D eigenvalue weighted by Crippen LogP contribution is -2.14. The number of non-ortho nitro benzene ring substituents is 1. The fourth-order valence-corrected chi connectivity index (χ4v) is 4.56. The van der Waals surface area contributed by atoms with Crippen molar-refractivity contribution in [3.05, 3.63) is 97.6 Å². The number of aromatic nitrogens is 1.